The molecule has 1 aliphatic carbocycles. The first-order valence-electron chi connectivity index (χ1n) is 9.37. The molecule has 0 heterocycles. The van der Waals surface area contributed by atoms with Crippen molar-refractivity contribution < 1.29 is 28.5 Å². The zero-order valence-electron chi connectivity index (χ0n) is 16.8. The van der Waals surface area contributed by atoms with Crippen LogP contribution in [0.5, 0.6) is 17.2 Å². The largest absolute Gasteiger partial charge is 0.497 e. The third-order valence-corrected chi connectivity index (χ3v) is 4.77. The maximum absolute atomic E-state index is 12.7. The molecule has 0 aliphatic heterocycles. The Balaban J connectivity index is 1.64. The molecule has 7 heteroatoms. The molecular formula is C22H25NO6. The Hall–Kier alpha value is -3.22. The average molecular weight is 399 g/mol. The van der Waals surface area contributed by atoms with Gasteiger partial charge >= 0.3 is 5.97 Å². The van der Waals surface area contributed by atoms with Crippen LogP contribution in [0.3, 0.4) is 0 Å². The van der Waals surface area contributed by atoms with Gasteiger partial charge < -0.3 is 23.8 Å². The van der Waals surface area contributed by atoms with Crippen molar-refractivity contribution in [3.8, 4) is 17.2 Å². The van der Waals surface area contributed by atoms with Crippen molar-refractivity contribution in [2.24, 2.45) is 0 Å². The number of hydrogen-bond donors (Lipinski definition) is 0. The van der Waals surface area contributed by atoms with Crippen LogP contribution in [0.25, 0.3) is 0 Å². The van der Waals surface area contributed by atoms with Crippen molar-refractivity contribution in [1.29, 1.82) is 0 Å². The van der Waals surface area contributed by atoms with Crippen LogP contribution in [0, 0.1) is 0 Å². The second-order valence-corrected chi connectivity index (χ2v) is 6.74. The average Bonchev–Trinajstić information content (AvgIpc) is 3.60. The molecule has 1 fully saturated rings. The van der Waals surface area contributed by atoms with Gasteiger partial charge in [0.25, 0.3) is 5.91 Å². The minimum atomic E-state index is -0.630. The van der Waals surface area contributed by atoms with Gasteiger partial charge in [0, 0.05) is 12.6 Å². The topological polar surface area (TPSA) is 74.3 Å². The van der Waals surface area contributed by atoms with E-state index in [2.05, 4.69) is 0 Å². The van der Waals surface area contributed by atoms with Crippen LogP contribution in [0.15, 0.2) is 42.5 Å². The van der Waals surface area contributed by atoms with Crippen molar-refractivity contribution in [3.05, 3.63) is 53.6 Å². The molecule has 0 aromatic heterocycles. The Bertz CT molecular complexity index is 860. The Kier molecular flexibility index (Phi) is 6.59. The molecule has 0 bridgehead atoms. The highest BCUT2D eigenvalue weighted by molar-refractivity contribution is 5.94. The number of carbonyl (C=O) groups is 2. The summed E-state index contributed by atoms with van der Waals surface area (Å²) in [5, 5.41) is 0. The number of amides is 1. The van der Waals surface area contributed by atoms with Gasteiger partial charge in [0.2, 0.25) is 0 Å². The molecule has 29 heavy (non-hydrogen) atoms. The molecule has 1 saturated carbocycles. The highest BCUT2D eigenvalue weighted by Gasteiger charge is 2.33. The molecule has 2 aromatic rings. The summed E-state index contributed by atoms with van der Waals surface area (Å²) in [5.41, 5.74) is 1.21. The molecule has 0 unspecified atom stereocenters. The lowest BCUT2D eigenvalue weighted by Gasteiger charge is -2.22. The summed E-state index contributed by atoms with van der Waals surface area (Å²) >= 11 is 0. The minimum Gasteiger partial charge on any atom is -0.497 e. The number of rotatable bonds is 9. The minimum absolute atomic E-state index is 0.189. The number of nitrogens with zero attached hydrogens (tertiary/aromatic N) is 1. The van der Waals surface area contributed by atoms with Crippen molar-refractivity contribution in [1.82, 2.24) is 4.90 Å². The van der Waals surface area contributed by atoms with E-state index in [1.165, 1.54) is 20.3 Å². The van der Waals surface area contributed by atoms with Gasteiger partial charge in [0.1, 0.15) is 22.8 Å². The first kappa shape index (κ1) is 20.5. The summed E-state index contributed by atoms with van der Waals surface area (Å²) in [6.45, 7) is 0.138. The van der Waals surface area contributed by atoms with Crippen LogP contribution in [-0.2, 0) is 16.1 Å². The zero-order chi connectivity index (χ0) is 20.8. The maximum Gasteiger partial charge on any atom is 0.342 e. The first-order valence-corrected chi connectivity index (χ1v) is 9.37. The van der Waals surface area contributed by atoms with E-state index in [1.807, 2.05) is 24.3 Å². The fourth-order valence-corrected chi connectivity index (χ4v) is 3.00. The first-order chi connectivity index (χ1) is 14.0. The molecule has 0 N–H and O–H groups in total. The molecule has 2 aromatic carbocycles. The number of carbonyl (C=O) groups excluding carboxylic acids is 2. The van der Waals surface area contributed by atoms with Crippen molar-refractivity contribution >= 4 is 11.9 Å². The van der Waals surface area contributed by atoms with E-state index >= 15 is 0 Å². The summed E-state index contributed by atoms with van der Waals surface area (Å²) in [6.07, 6.45) is 1.92. The Morgan fingerprint density at radius 3 is 2.17 bits per heavy atom. The smallest absolute Gasteiger partial charge is 0.342 e. The van der Waals surface area contributed by atoms with E-state index in [1.54, 1.807) is 24.1 Å². The van der Waals surface area contributed by atoms with E-state index in [0.29, 0.717) is 18.0 Å². The molecule has 154 valence electrons. The van der Waals surface area contributed by atoms with E-state index in [0.717, 1.165) is 24.2 Å². The van der Waals surface area contributed by atoms with Gasteiger partial charge in [0.05, 0.1) is 21.3 Å². The lowest BCUT2D eigenvalue weighted by atomic mass is 10.2. The van der Waals surface area contributed by atoms with E-state index in [-0.39, 0.29) is 24.1 Å². The summed E-state index contributed by atoms with van der Waals surface area (Å²) in [5.74, 6) is 0.774. The zero-order valence-corrected chi connectivity index (χ0v) is 16.8. The molecule has 0 spiro atoms. The molecule has 7 nitrogen and oxygen atoms in total. The predicted octanol–water partition coefficient (Wildman–Crippen LogP) is 3.06. The SMILES string of the molecule is COc1ccc(CN(C(=O)COC(=O)c2cc(OC)ccc2OC)C2CC2)cc1. The number of ether oxygens (including phenoxy) is 4. The summed E-state index contributed by atoms with van der Waals surface area (Å²) in [6, 6.07) is 12.6. The number of benzene rings is 2. The normalized spacial score (nSPS) is 12.8. The number of hydrogen-bond acceptors (Lipinski definition) is 6. The van der Waals surface area contributed by atoms with Crippen molar-refractivity contribution in [3.63, 3.8) is 0 Å². The fourth-order valence-electron chi connectivity index (χ4n) is 3.00. The molecule has 1 amide bonds. The lowest BCUT2D eigenvalue weighted by molar-refractivity contribution is -0.135. The van der Waals surface area contributed by atoms with Gasteiger partial charge in [-0.15, -0.1) is 0 Å². The van der Waals surface area contributed by atoms with Crippen molar-refractivity contribution in [2.45, 2.75) is 25.4 Å². The van der Waals surface area contributed by atoms with Crippen LogP contribution >= 0.6 is 0 Å². The van der Waals surface area contributed by atoms with E-state index < -0.39 is 5.97 Å². The molecule has 0 saturated heterocycles. The van der Waals surface area contributed by atoms with Gasteiger partial charge in [-0.25, -0.2) is 4.79 Å². The van der Waals surface area contributed by atoms with Crippen LogP contribution in [0.2, 0.25) is 0 Å². The monoisotopic (exact) mass is 399 g/mol. The van der Waals surface area contributed by atoms with Gasteiger partial charge in [-0.05, 0) is 48.7 Å². The third kappa shape index (κ3) is 5.19. The second-order valence-electron chi connectivity index (χ2n) is 6.74. The third-order valence-electron chi connectivity index (χ3n) is 4.77. The Morgan fingerprint density at radius 1 is 0.931 bits per heavy atom. The van der Waals surface area contributed by atoms with Crippen LogP contribution < -0.4 is 14.2 Å². The summed E-state index contributed by atoms with van der Waals surface area (Å²) in [7, 11) is 4.58. The molecule has 0 atom stereocenters. The second kappa shape index (κ2) is 9.32. The van der Waals surface area contributed by atoms with Gasteiger partial charge in [-0.2, -0.15) is 0 Å². The van der Waals surface area contributed by atoms with E-state index in [4.69, 9.17) is 18.9 Å². The maximum atomic E-state index is 12.7. The van der Waals surface area contributed by atoms with Gasteiger partial charge in [-0.3, -0.25) is 4.79 Å². The van der Waals surface area contributed by atoms with Crippen LogP contribution in [-0.4, -0.2) is 50.8 Å². The molecule has 0 radical (unpaired) electrons. The number of esters is 1. The molecule has 1 aliphatic rings. The fraction of sp³-hybridized carbons (Fsp3) is 0.364. The number of methoxy groups -OCH3 is 3. The van der Waals surface area contributed by atoms with E-state index in [9.17, 15) is 9.59 Å². The summed E-state index contributed by atoms with van der Waals surface area (Å²) in [4.78, 5) is 27.0. The van der Waals surface area contributed by atoms with Gasteiger partial charge in [0.15, 0.2) is 6.61 Å². The predicted molar refractivity (Wildman–Crippen MR) is 106 cm³/mol. The standard InChI is InChI=1S/C22H25NO6/c1-26-17-8-4-15(5-9-17)13-23(16-6-7-16)21(24)14-29-22(25)19-12-18(27-2)10-11-20(19)28-3/h4-5,8-12,16H,6-7,13-14H2,1-3H3. The molecular weight excluding hydrogens is 374 g/mol. The highest BCUT2D eigenvalue weighted by Crippen LogP contribution is 2.29. The summed E-state index contributed by atoms with van der Waals surface area (Å²) < 4.78 is 20.8. The Labute approximate surface area is 170 Å². The van der Waals surface area contributed by atoms with Crippen molar-refractivity contribution in [2.75, 3.05) is 27.9 Å². The Morgan fingerprint density at radius 2 is 1.59 bits per heavy atom. The quantitative estimate of drug-likeness (QED) is 0.604. The highest BCUT2D eigenvalue weighted by atomic mass is 16.5. The molecule has 3 rings (SSSR count). The van der Waals surface area contributed by atoms with Gasteiger partial charge in [-0.1, -0.05) is 12.1 Å². The van der Waals surface area contributed by atoms with Crippen LogP contribution in [0.1, 0.15) is 28.8 Å². The lowest BCUT2D eigenvalue weighted by Crippen LogP contribution is -2.36. The van der Waals surface area contributed by atoms with Crippen LogP contribution in [0.4, 0.5) is 0 Å².